The van der Waals surface area contributed by atoms with E-state index in [9.17, 15) is 0 Å². The molecule has 21 heavy (non-hydrogen) atoms. The number of para-hydroxylation sites is 2. The van der Waals surface area contributed by atoms with Gasteiger partial charge in [-0.2, -0.15) is 0 Å². The first kappa shape index (κ1) is 15.3. The molecule has 0 aliphatic rings. The van der Waals surface area contributed by atoms with Crippen molar-refractivity contribution in [1.29, 1.82) is 0 Å². The lowest BCUT2D eigenvalue weighted by Gasteiger charge is -2.12. The number of hydrogen-bond donors (Lipinski definition) is 1. The van der Waals surface area contributed by atoms with Crippen LogP contribution in [0.2, 0.25) is 0 Å². The molecule has 1 heterocycles. The highest BCUT2D eigenvalue weighted by Crippen LogP contribution is 2.31. The normalized spacial score (nSPS) is 10.4. The summed E-state index contributed by atoms with van der Waals surface area (Å²) in [5.74, 6) is 2.20. The quantitative estimate of drug-likeness (QED) is 0.802. The maximum absolute atomic E-state index is 5.91. The molecule has 2 rings (SSSR count). The second-order valence-electron chi connectivity index (χ2n) is 4.71. The van der Waals surface area contributed by atoms with Crippen molar-refractivity contribution in [3.05, 3.63) is 48.3 Å². The van der Waals surface area contributed by atoms with Crippen LogP contribution < -0.4 is 14.8 Å². The van der Waals surface area contributed by atoms with Crippen LogP contribution in [0, 0.1) is 0 Å². The molecule has 1 N–H and O–H groups in total. The van der Waals surface area contributed by atoms with E-state index in [1.54, 1.807) is 6.20 Å². The number of benzene rings is 1. The lowest BCUT2D eigenvalue weighted by molar-refractivity contribution is 0.302. The monoisotopic (exact) mass is 286 g/mol. The van der Waals surface area contributed by atoms with Gasteiger partial charge in [0.15, 0.2) is 11.5 Å². The number of pyridine rings is 1. The summed E-state index contributed by atoms with van der Waals surface area (Å²) < 4.78 is 11.6. The van der Waals surface area contributed by atoms with E-state index in [2.05, 4.69) is 24.1 Å². The molecule has 0 spiro atoms. The molecule has 0 unspecified atom stereocenters. The minimum absolute atomic E-state index is 0.680. The Morgan fingerprint density at radius 1 is 1.10 bits per heavy atom. The number of rotatable bonds is 8. The van der Waals surface area contributed by atoms with Crippen molar-refractivity contribution in [3.63, 3.8) is 0 Å². The van der Waals surface area contributed by atoms with Gasteiger partial charge in [-0.25, -0.2) is 0 Å². The first-order chi connectivity index (χ1) is 10.3. The Kier molecular flexibility index (Phi) is 6.03. The van der Waals surface area contributed by atoms with Crippen LogP contribution in [0.25, 0.3) is 0 Å². The van der Waals surface area contributed by atoms with E-state index in [-0.39, 0.29) is 0 Å². The molecule has 0 aliphatic heterocycles. The molecule has 0 aliphatic carbocycles. The van der Waals surface area contributed by atoms with E-state index < -0.39 is 0 Å². The van der Waals surface area contributed by atoms with E-state index >= 15 is 0 Å². The zero-order chi connectivity index (χ0) is 14.9. The van der Waals surface area contributed by atoms with Crippen molar-refractivity contribution < 1.29 is 9.47 Å². The van der Waals surface area contributed by atoms with Gasteiger partial charge >= 0.3 is 0 Å². The summed E-state index contributed by atoms with van der Waals surface area (Å²) in [6, 6.07) is 9.69. The first-order valence-corrected chi connectivity index (χ1v) is 7.37. The second kappa shape index (κ2) is 8.27. The number of aromatic nitrogens is 1. The molecule has 112 valence electrons. The topological polar surface area (TPSA) is 43.4 Å². The predicted molar refractivity (Wildman–Crippen MR) is 83.9 cm³/mol. The Balaban J connectivity index is 2.10. The van der Waals surface area contributed by atoms with Gasteiger partial charge in [0.2, 0.25) is 0 Å². The fourth-order valence-corrected chi connectivity index (χ4v) is 1.88. The third kappa shape index (κ3) is 4.76. The summed E-state index contributed by atoms with van der Waals surface area (Å²) in [7, 11) is 0. The highest BCUT2D eigenvalue weighted by molar-refractivity contribution is 5.42. The van der Waals surface area contributed by atoms with Crippen LogP contribution in [0.4, 0.5) is 0 Å². The van der Waals surface area contributed by atoms with E-state index in [0.717, 1.165) is 36.6 Å². The third-order valence-corrected chi connectivity index (χ3v) is 2.89. The standard InChI is InChI=1S/C17H22N2O2/c1-3-9-20-16-7-5-6-8-17(16)21-15-10-14(11-18-4-2)12-19-13-15/h5-8,10,12-13,18H,3-4,9,11H2,1-2H3. The molecule has 4 nitrogen and oxygen atoms in total. The Morgan fingerprint density at radius 2 is 1.90 bits per heavy atom. The second-order valence-corrected chi connectivity index (χ2v) is 4.71. The highest BCUT2D eigenvalue weighted by Gasteiger charge is 2.06. The molecule has 0 saturated carbocycles. The van der Waals surface area contributed by atoms with Crippen LogP contribution >= 0.6 is 0 Å². The van der Waals surface area contributed by atoms with Crippen molar-refractivity contribution in [2.75, 3.05) is 13.2 Å². The maximum atomic E-state index is 5.91. The van der Waals surface area contributed by atoms with Gasteiger partial charge in [-0.3, -0.25) is 4.98 Å². The fraction of sp³-hybridized carbons (Fsp3) is 0.353. The average molecular weight is 286 g/mol. The first-order valence-electron chi connectivity index (χ1n) is 7.37. The van der Waals surface area contributed by atoms with Gasteiger partial charge in [-0.05, 0) is 36.7 Å². The average Bonchev–Trinajstić information content (AvgIpc) is 2.52. The van der Waals surface area contributed by atoms with Crippen molar-refractivity contribution in [1.82, 2.24) is 10.3 Å². The molecule has 2 aromatic rings. The Hall–Kier alpha value is -2.07. The van der Waals surface area contributed by atoms with Gasteiger partial charge in [0.1, 0.15) is 5.75 Å². The van der Waals surface area contributed by atoms with Crippen LogP contribution in [0.15, 0.2) is 42.7 Å². The molecule has 0 fully saturated rings. The van der Waals surface area contributed by atoms with E-state index in [1.165, 1.54) is 0 Å². The van der Waals surface area contributed by atoms with Crippen molar-refractivity contribution in [2.24, 2.45) is 0 Å². The van der Waals surface area contributed by atoms with Gasteiger partial charge in [-0.15, -0.1) is 0 Å². The van der Waals surface area contributed by atoms with Gasteiger partial charge in [0, 0.05) is 12.7 Å². The summed E-state index contributed by atoms with van der Waals surface area (Å²) in [6.07, 6.45) is 4.52. The number of hydrogen-bond acceptors (Lipinski definition) is 4. The summed E-state index contributed by atoms with van der Waals surface area (Å²) >= 11 is 0. The maximum Gasteiger partial charge on any atom is 0.169 e. The molecule has 0 atom stereocenters. The summed E-state index contributed by atoms with van der Waals surface area (Å²) in [5, 5.41) is 3.27. The van der Waals surface area contributed by atoms with E-state index in [0.29, 0.717) is 12.4 Å². The molecule has 1 aromatic heterocycles. The Bertz CT molecular complexity index is 558. The zero-order valence-corrected chi connectivity index (χ0v) is 12.6. The van der Waals surface area contributed by atoms with Crippen LogP contribution in [0.1, 0.15) is 25.8 Å². The number of nitrogens with zero attached hydrogens (tertiary/aromatic N) is 1. The van der Waals surface area contributed by atoms with Crippen molar-refractivity contribution in [3.8, 4) is 17.2 Å². The Morgan fingerprint density at radius 3 is 2.67 bits per heavy atom. The van der Waals surface area contributed by atoms with Crippen LogP contribution in [0.3, 0.4) is 0 Å². The lowest BCUT2D eigenvalue weighted by Crippen LogP contribution is -2.11. The smallest absolute Gasteiger partial charge is 0.169 e. The Labute approximate surface area is 126 Å². The fourth-order valence-electron chi connectivity index (χ4n) is 1.88. The molecular formula is C17H22N2O2. The zero-order valence-electron chi connectivity index (χ0n) is 12.6. The summed E-state index contributed by atoms with van der Waals surface area (Å²) in [5.41, 5.74) is 1.10. The van der Waals surface area contributed by atoms with E-state index in [4.69, 9.17) is 9.47 Å². The molecule has 0 radical (unpaired) electrons. The van der Waals surface area contributed by atoms with Crippen LogP contribution in [-0.2, 0) is 6.54 Å². The SMILES string of the molecule is CCCOc1ccccc1Oc1cncc(CNCC)c1. The highest BCUT2D eigenvalue weighted by atomic mass is 16.5. The van der Waals surface area contributed by atoms with Gasteiger partial charge < -0.3 is 14.8 Å². The minimum atomic E-state index is 0.680. The molecule has 0 amide bonds. The van der Waals surface area contributed by atoms with Crippen molar-refractivity contribution >= 4 is 0 Å². The summed E-state index contributed by atoms with van der Waals surface area (Å²) in [6.45, 7) is 6.55. The van der Waals surface area contributed by atoms with Gasteiger partial charge in [0.25, 0.3) is 0 Å². The lowest BCUT2D eigenvalue weighted by atomic mass is 10.2. The van der Waals surface area contributed by atoms with Gasteiger partial charge in [0.05, 0.1) is 12.8 Å². The van der Waals surface area contributed by atoms with Crippen LogP contribution in [0.5, 0.6) is 17.2 Å². The predicted octanol–water partition coefficient (Wildman–Crippen LogP) is 3.77. The number of nitrogens with one attached hydrogen (secondary N) is 1. The molecule has 1 aromatic carbocycles. The molecule has 0 saturated heterocycles. The molecular weight excluding hydrogens is 264 g/mol. The molecule has 0 bridgehead atoms. The minimum Gasteiger partial charge on any atom is -0.490 e. The molecule has 4 heteroatoms. The largest absolute Gasteiger partial charge is 0.490 e. The third-order valence-electron chi connectivity index (χ3n) is 2.89. The number of ether oxygens (including phenoxy) is 2. The van der Waals surface area contributed by atoms with E-state index in [1.807, 2.05) is 36.5 Å². The van der Waals surface area contributed by atoms with Gasteiger partial charge in [-0.1, -0.05) is 26.0 Å². The summed E-state index contributed by atoms with van der Waals surface area (Å²) in [4.78, 5) is 4.22. The van der Waals surface area contributed by atoms with Crippen molar-refractivity contribution in [2.45, 2.75) is 26.8 Å². The van der Waals surface area contributed by atoms with Crippen LogP contribution in [-0.4, -0.2) is 18.1 Å².